The van der Waals surface area contributed by atoms with Gasteiger partial charge in [0.25, 0.3) is 0 Å². The first kappa shape index (κ1) is 20.5. The van der Waals surface area contributed by atoms with Gasteiger partial charge in [0.15, 0.2) is 0 Å². The first-order valence-electron chi connectivity index (χ1n) is 9.37. The van der Waals surface area contributed by atoms with E-state index in [0.717, 1.165) is 22.6 Å². The summed E-state index contributed by atoms with van der Waals surface area (Å²) in [7, 11) is 0. The highest BCUT2D eigenvalue weighted by Crippen LogP contribution is 2.19. The molecule has 3 aromatic rings. The van der Waals surface area contributed by atoms with Crippen LogP contribution >= 0.6 is 11.6 Å². The largest absolute Gasteiger partial charge is 0.491 e. The summed E-state index contributed by atoms with van der Waals surface area (Å²) in [5.41, 5.74) is 3.39. The molecule has 0 fully saturated rings. The van der Waals surface area contributed by atoms with Crippen LogP contribution in [0.1, 0.15) is 22.5 Å². The minimum absolute atomic E-state index is 0.235. The number of ether oxygens (including phenoxy) is 1. The van der Waals surface area contributed by atoms with E-state index in [9.17, 15) is 5.11 Å². The van der Waals surface area contributed by atoms with E-state index in [4.69, 9.17) is 20.8 Å². The fourth-order valence-corrected chi connectivity index (χ4v) is 3.28. The third-order valence-electron chi connectivity index (χ3n) is 4.51. The van der Waals surface area contributed by atoms with Crippen molar-refractivity contribution in [2.75, 3.05) is 13.2 Å². The van der Waals surface area contributed by atoms with Gasteiger partial charge in [0.1, 0.15) is 24.2 Å². The second kappa shape index (κ2) is 9.78. The van der Waals surface area contributed by atoms with Crippen molar-refractivity contribution in [3.63, 3.8) is 0 Å². The van der Waals surface area contributed by atoms with Crippen molar-refractivity contribution in [2.45, 2.75) is 33.0 Å². The highest BCUT2D eigenvalue weighted by molar-refractivity contribution is 6.30. The molecule has 0 saturated heterocycles. The zero-order chi connectivity index (χ0) is 19.9. The van der Waals surface area contributed by atoms with Crippen molar-refractivity contribution < 1.29 is 14.3 Å². The monoisotopic (exact) mass is 399 g/mol. The Morgan fingerprint density at radius 1 is 1.07 bits per heavy atom. The van der Waals surface area contributed by atoms with Gasteiger partial charge in [-0.1, -0.05) is 41.4 Å². The number of benzene rings is 2. The van der Waals surface area contributed by atoms with Gasteiger partial charge in [-0.25, -0.2) is 0 Å². The second-order valence-electron chi connectivity index (χ2n) is 7.11. The summed E-state index contributed by atoms with van der Waals surface area (Å²) >= 11 is 5.98. The molecule has 0 aliphatic carbocycles. The van der Waals surface area contributed by atoms with Gasteiger partial charge in [0.05, 0.1) is 12.8 Å². The van der Waals surface area contributed by atoms with Crippen molar-refractivity contribution in [2.24, 2.45) is 0 Å². The Morgan fingerprint density at radius 2 is 1.86 bits per heavy atom. The SMILES string of the molecule is Cc1ccc(OCC(O)CN(Cc2ccc(Cl)cc2)Cc2ccco2)c(C)c1. The second-order valence-corrected chi connectivity index (χ2v) is 7.55. The minimum Gasteiger partial charge on any atom is -0.491 e. The molecule has 0 saturated carbocycles. The number of aryl methyl sites for hydroxylation is 2. The number of hydrogen-bond donors (Lipinski definition) is 1. The van der Waals surface area contributed by atoms with Gasteiger partial charge >= 0.3 is 0 Å². The summed E-state index contributed by atoms with van der Waals surface area (Å²) in [5, 5.41) is 11.3. The van der Waals surface area contributed by atoms with Gasteiger partial charge in [-0.3, -0.25) is 4.90 Å². The number of furan rings is 1. The van der Waals surface area contributed by atoms with Crippen LogP contribution in [-0.2, 0) is 13.1 Å². The van der Waals surface area contributed by atoms with Gasteiger partial charge in [-0.05, 0) is 55.3 Å². The van der Waals surface area contributed by atoms with Gasteiger partial charge in [-0.15, -0.1) is 0 Å². The topological polar surface area (TPSA) is 45.8 Å². The highest BCUT2D eigenvalue weighted by atomic mass is 35.5. The number of aliphatic hydroxyl groups excluding tert-OH is 1. The molecular weight excluding hydrogens is 374 g/mol. The van der Waals surface area contributed by atoms with E-state index in [1.54, 1.807) is 6.26 Å². The van der Waals surface area contributed by atoms with Crippen molar-refractivity contribution in [3.8, 4) is 5.75 Å². The molecule has 1 atom stereocenters. The van der Waals surface area contributed by atoms with Crippen LogP contribution < -0.4 is 4.74 Å². The zero-order valence-corrected chi connectivity index (χ0v) is 17.0. The molecule has 0 aliphatic rings. The normalized spacial score (nSPS) is 12.3. The summed E-state index contributed by atoms with van der Waals surface area (Å²) < 4.78 is 11.3. The number of rotatable bonds is 9. The third kappa shape index (κ3) is 6.13. The van der Waals surface area contributed by atoms with E-state index in [2.05, 4.69) is 17.9 Å². The number of hydrogen-bond acceptors (Lipinski definition) is 4. The Kier molecular flexibility index (Phi) is 7.15. The average Bonchev–Trinajstić information content (AvgIpc) is 3.16. The third-order valence-corrected chi connectivity index (χ3v) is 4.76. The number of nitrogens with zero attached hydrogens (tertiary/aromatic N) is 1. The van der Waals surface area contributed by atoms with E-state index in [1.807, 2.05) is 55.5 Å². The molecule has 148 valence electrons. The van der Waals surface area contributed by atoms with Crippen molar-refractivity contribution in [1.82, 2.24) is 4.90 Å². The maximum Gasteiger partial charge on any atom is 0.122 e. The molecule has 4 nitrogen and oxygen atoms in total. The maximum absolute atomic E-state index is 10.6. The molecule has 1 N–H and O–H groups in total. The standard InChI is InChI=1S/C23H26ClNO3/c1-17-5-10-23(18(2)12-17)28-16-21(26)14-25(15-22-4-3-11-27-22)13-19-6-8-20(24)9-7-19/h3-12,21,26H,13-16H2,1-2H3. The molecule has 0 radical (unpaired) electrons. The van der Waals surface area contributed by atoms with Crippen molar-refractivity contribution in [3.05, 3.63) is 88.3 Å². The Labute approximate surface area is 171 Å². The van der Waals surface area contributed by atoms with Crippen LogP contribution in [0.5, 0.6) is 5.75 Å². The molecule has 0 spiro atoms. The molecule has 0 aliphatic heterocycles. The molecule has 0 amide bonds. The molecular formula is C23H26ClNO3. The quantitative estimate of drug-likeness (QED) is 0.550. The lowest BCUT2D eigenvalue weighted by Gasteiger charge is -2.24. The molecule has 2 aromatic carbocycles. The van der Waals surface area contributed by atoms with Crippen molar-refractivity contribution >= 4 is 11.6 Å². The maximum atomic E-state index is 10.6. The summed E-state index contributed by atoms with van der Waals surface area (Å²) in [6, 6.07) is 17.6. The van der Waals surface area contributed by atoms with Gasteiger partial charge in [0, 0.05) is 18.1 Å². The lowest BCUT2D eigenvalue weighted by atomic mass is 10.1. The predicted molar refractivity (Wildman–Crippen MR) is 112 cm³/mol. The molecule has 1 aromatic heterocycles. The summed E-state index contributed by atoms with van der Waals surface area (Å²) in [6.45, 7) is 6.05. The van der Waals surface area contributed by atoms with E-state index in [0.29, 0.717) is 24.7 Å². The summed E-state index contributed by atoms with van der Waals surface area (Å²) in [5.74, 6) is 1.66. The lowest BCUT2D eigenvalue weighted by Crippen LogP contribution is -2.35. The first-order chi connectivity index (χ1) is 13.5. The van der Waals surface area contributed by atoms with Crippen LogP contribution in [0, 0.1) is 13.8 Å². The van der Waals surface area contributed by atoms with Gasteiger partial charge < -0.3 is 14.3 Å². The Hall–Kier alpha value is -2.27. The lowest BCUT2D eigenvalue weighted by molar-refractivity contribution is 0.0602. The van der Waals surface area contributed by atoms with Crippen LogP contribution in [0.15, 0.2) is 65.3 Å². The molecule has 1 unspecified atom stereocenters. The smallest absolute Gasteiger partial charge is 0.122 e. The predicted octanol–water partition coefficient (Wildman–Crippen LogP) is 4.99. The van der Waals surface area contributed by atoms with E-state index >= 15 is 0 Å². The van der Waals surface area contributed by atoms with E-state index in [1.165, 1.54) is 5.56 Å². The highest BCUT2D eigenvalue weighted by Gasteiger charge is 2.15. The van der Waals surface area contributed by atoms with Gasteiger partial charge in [-0.2, -0.15) is 0 Å². The number of halogens is 1. The van der Waals surface area contributed by atoms with Crippen molar-refractivity contribution in [1.29, 1.82) is 0 Å². The van der Waals surface area contributed by atoms with Crippen LogP contribution in [0.25, 0.3) is 0 Å². The molecule has 0 bridgehead atoms. The molecule has 3 rings (SSSR count). The van der Waals surface area contributed by atoms with Crippen LogP contribution in [0.3, 0.4) is 0 Å². The summed E-state index contributed by atoms with van der Waals surface area (Å²) in [4.78, 5) is 2.14. The number of aliphatic hydroxyl groups is 1. The minimum atomic E-state index is -0.622. The fourth-order valence-electron chi connectivity index (χ4n) is 3.15. The fraction of sp³-hybridized carbons (Fsp3) is 0.304. The molecule has 1 heterocycles. The summed E-state index contributed by atoms with van der Waals surface area (Å²) in [6.07, 6.45) is 1.04. The zero-order valence-electron chi connectivity index (χ0n) is 16.3. The van der Waals surface area contributed by atoms with Gasteiger partial charge in [0.2, 0.25) is 0 Å². The average molecular weight is 400 g/mol. The van der Waals surface area contributed by atoms with Crippen LogP contribution in [-0.4, -0.2) is 29.3 Å². The Balaban J connectivity index is 1.61. The molecule has 28 heavy (non-hydrogen) atoms. The van der Waals surface area contributed by atoms with E-state index < -0.39 is 6.10 Å². The first-order valence-corrected chi connectivity index (χ1v) is 9.74. The van der Waals surface area contributed by atoms with Crippen LogP contribution in [0.4, 0.5) is 0 Å². The molecule has 5 heteroatoms. The Bertz CT molecular complexity index is 862. The van der Waals surface area contributed by atoms with Crippen LogP contribution in [0.2, 0.25) is 5.02 Å². The van der Waals surface area contributed by atoms with E-state index in [-0.39, 0.29) is 6.61 Å². The Morgan fingerprint density at radius 3 is 2.54 bits per heavy atom.